The summed E-state index contributed by atoms with van der Waals surface area (Å²) in [6.07, 6.45) is 0. The van der Waals surface area contributed by atoms with E-state index in [2.05, 4.69) is 39.5 Å². The molecule has 0 heterocycles. The van der Waals surface area contributed by atoms with Gasteiger partial charge >= 0.3 is 16.5 Å². The van der Waals surface area contributed by atoms with E-state index in [0.29, 0.717) is 0 Å². The normalized spacial score (nSPS) is 11.5. The molecule has 89 valence electrons. The van der Waals surface area contributed by atoms with Crippen molar-refractivity contribution in [2.24, 2.45) is 0 Å². The predicted octanol–water partition coefficient (Wildman–Crippen LogP) is 2.49. The highest BCUT2D eigenvalue weighted by Crippen LogP contribution is 2.24. The maximum atomic E-state index is 5.49. The van der Waals surface area contributed by atoms with E-state index >= 15 is 0 Å². The van der Waals surface area contributed by atoms with Crippen molar-refractivity contribution >= 4 is 28.5 Å². The molecule has 0 N–H and O–H groups in total. The third-order valence-electron chi connectivity index (χ3n) is 3.02. The van der Waals surface area contributed by atoms with E-state index < -0.39 is 0 Å². The second-order valence-electron chi connectivity index (χ2n) is 3.54. The van der Waals surface area contributed by atoms with Crippen molar-refractivity contribution in [2.45, 2.75) is 34.6 Å². The Bertz CT molecular complexity index is 179. The van der Waals surface area contributed by atoms with Crippen LogP contribution < -0.4 is 0 Å². The van der Waals surface area contributed by atoms with Crippen molar-refractivity contribution in [1.82, 2.24) is 4.90 Å². The summed E-state index contributed by atoms with van der Waals surface area (Å²) in [6, 6.07) is 0. The van der Waals surface area contributed by atoms with Crippen molar-refractivity contribution in [1.29, 1.82) is 0 Å². The Morgan fingerprint density at radius 3 is 1.67 bits per heavy atom. The van der Waals surface area contributed by atoms with Crippen molar-refractivity contribution in [3.8, 4) is 0 Å². The molecule has 0 rings (SSSR count). The molecular formula is C11H25N2S2+2. The maximum absolute atomic E-state index is 5.49. The Labute approximate surface area is 105 Å². The largest absolute Gasteiger partial charge is 0.570 e. The van der Waals surface area contributed by atoms with Crippen LogP contribution in [0.2, 0.25) is 0 Å². The van der Waals surface area contributed by atoms with Gasteiger partial charge in [-0.3, -0.25) is 3.89 Å². The highest BCUT2D eigenvalue weighted by atomic mass is 32.2. The van der Waals surface area contributed by atoms with Gasteiger partial charge in [-0.25, -0.2) is 0 Å². The second-order valence-corrected chi connectivity index (χ2v) is 5.53. The average molecular weight is 249 g/mol. The lowest BCUT2D eigenvalue weighted by Crippen LogP contribution is -2.44. The van der Waals surface area contributed by atoms with Gasteiger partial charge in [0.25, 0.3) is 0 Å². The fraction of sp³-hybridized carbons (Fsp3) is 0.909. The van der Waals surface area contributed by atoms with Gasteiger partial charge in [-0.2, -0.15) is 0 Å². The third kappa shape index (κ3) is 4.29. The molecule has 0 unspecified atom stereocenters. The van der Waals surface area contributed by atoms with E-state index in [-0.39, 0.29) is 0 Å². The van der Waals surface area contributed by atoms with E-state index in [9.17, 15) is 0 Å². The summed E-state index contributed by atoms with van der Waals surface area (Å²) in [7, 11) is 0. The van der Waals surface area contributed by atoms with Crippen molar-refractivity contribution in [2.75, 3.05) is 32.7 Å². The van der Waals surface area contributed by atoms with Crippen LogP contribution in [-0.4, -0.2) is 45.8 Å². The molecule has 0 bridgehead atoms. The van der Waals surface area contributed by atoms with Crippen LogP contribution in [0.25, 0.3) is 0 Å². The molecular weight excluding hydrogens is 224 g/mol. The van der Waals surface area contributed by atoms with Crippen LogP contribution in [-0.2, 0) is 12.2 Å². The molecule has 0 aliphatic carbocycles. The minimum atomic E-state index is 1.01. The highest BCUT2D eigenvalue weighted by Gasteiger charge is 2.34. The van der Waals surface area contributed by atoms with Crippen LogP contribution in [0.5, 0.6) is 0 Å². The summed E-state index contributed by atoms with van der Waals surface area (Å²) in [6.45, 7) is 16.5. The summed E-state index contributed by atoms with van der Waals surface area (Å²) in [5.41, 5.74) is 0. The first-order chi connectivity index (χ1) is 7.09. The molecule has 0 amide bonds. The number of hydrogen-bond donors (Lipinski definition) is 0. The molecule has 15 heavy (non-hydrogen) atoms. The molecule has 1 radical (unpaired) electrons. The van der Waals surface area contributed by atoms with Crippen LogP contribution in [0.15, 0.2) is 0 Å². The first kappa shape index (κ1) is 15.2. The maximum Gasteiger partial charge on any atom is 0.570 e. The molecule has 0 aliphatic rings. The van der Waals surface area contributed by atoms with Crippen LogP contribution in [0.3, 0.4) is 0 Å². The molecule has 0 saturated heterocycles. The molecule has 0 aromatic carbocycles. The molecule has 0 aromatic heterocycles. The molecule has 0 atom stereocenters. The Balaban J connectivity index is 4.46. The zero-order chi connectivity index (χ0) is 11.9. The monoisotopic (exact) mass is 249 g/mol. The standard InChI is InChI=1S/C11H25N2S2/c1-6-12(7-2)11(14)15-13(8-3,9-4)10-5/h6-10H2,1-5H3/q+2. The number of quaternary nitrogens is 1. The number of nitrogens with zero attached hydrogens (tertiary/aromatic N) is 2. The lowest BCUT2D eigenvalue weighted by atomic mass is 10.5. The summed E-state index contributed by atoms with van der Waals surface area (Å²) >= 11 is 7.34. The van der Waals surface area contributed by atoms with Crippen molar-refractivity contribution < 1.29 is 3.89 Å². The van der Waals surface area contributed by atoms with Gasteiger partial charge in [-0.15, -0.1) is 0 Å². The van der Waals surface area contributed by atoms with Crippen LogP contribution in [0.1, 0.15) is 34.6 Å². The molecule has 0 aromatic rings. The van der Waals surface area contributed by atoms with Crippen molar-refractivity contribution in [3.05, 3.63) is 0 Å². The second kappa shape index (κ2) is 7.47. The number of thiocarbonyl (C=S) groups is 1. The fourth-order valence-electron chi connectivity index (χ4n) is 1.57. The SMILES string of the molecule is CCN(CC)C(=[S+])S[N+](CC)(CC)CC. The van der Waals surface area contributed by atoms with Gasteiger partial charge in [-0.05, 0) is 34.6 Å². The van der Waals surface area contributed by atoms with E-state index in [0.717, 1.165) is 40.9 Å². The predicted molar refractivity (Wildman–Crippen MR) is 74.8 cm³/mol. The zero-order valence-electron chi connectivity index (χ0n) is 10.7. The van der Waals surface area contributed by atoms with E-state index in [1.54, 1.807) is 0 Å². The summed E-state index contributed by atoms with van der Waals surface area (Å²) in [5, 5.41) is 0. The summed E-state index contributed by atoms with van der Waals surface area (Å²) in [4.78, 5) is 2.26. The zero-order valence-corrected chi connectivity index (χ0v) is 12.4. The van der Waals surface area contributed by atoms with Gasteiger partial charge in [0.15, 0.2) is 0 Å². The quantitative estimate of drug-likeness (QED) is 0.308. The molecule has 2 nitrogen and oxygen atoms in total. The first-order valence-electron chi connectivity index (χ1n) is 5.93. The molecule has 0 saturated carbocycles. The van der Waals surface area contributed by atoms with Crippen LogP contribution in [0, 0.1) is 0 Å². The van der Waals surface area contributed by atoms with E-state index in [1.165, 1.54) is 0 Å². The number of hydrogen-bond acceptors (Lipinski definition) is 2. The first-order valence-corrected chi connectivity index (χ1v) is 7.11. The van der Waals surface area contributed by atoms with Crippen LogP contribution >= 0.6 is 11.9 Å². The lowest BCUT2D eigenvalue weighted by molar-refractivity contribution is -0.788. The van der Waals surface area contributed by atoms with Gasteiger partial charge in [-0.1, -0.05) is 0 Å². The topological polar surface area (TPSA) is 3.24 Å². The van der Waals surface area contributed by atoms with Gasteiger partial charge < -0.3 is 4.90 Å². The average Bonchev–Trinajstić information content (AvgIpc) is 2.28. The lowest BCUT2D eigenvalue weighted by Gasteiger charge is -2.31. The third-order valence-corrected chi connectivity index (χ3v) is 5.08. The number of rotatable bonds is 6. The van der Waals surface area contributed by atoms with Gasteiger partial charge in [0.1, 0.15) is 0 Å². The van der Waals surface area contributed by atoms with Gasteiger partial charge in [0.2, 0.25) is 11.9 Å². The summed E-state index contributed by atoms with van der Waals surface area (Å²) < 4.78 is 2.08. The van der Waals surface area contributed by atoms with Crippen molar-refractivity contribution in [3.63, 3.8) is 0 Å². The smallest absolute Gasteiger partial charge is 0.310 e. The minimum Gasteiger partial charge on any atom is -0.310 e. The molecule has 0 fully saturated rings. The Morgan fingerprint density at radius 2 is 1.40 bits per heavy atom. The minimum absolute atomic E-state index is 1.01. The Kier molecular flexibility index (Phi) is 7.57. The van der Waals surface area contributed by atoms with Gasteiger partial charge in [0.05, 0.1) is 19.6 Å². The highest BCUT2D eigenvalue weighted by molar-refractivity contribution is 8.16. The molecule has 0 spiro atoms. The van der Waals surface area contributed by atoms with E-state index in [1.807, 2.05) is 11.9 Å². The molecule has 0 aliphatic heterocycles. The van der Waals surface area contributed by atoms with Crippen LogP contribution in [0.4, 0.5) is 0 Å². The fourth-order valence-corrected chi connectivity index (χ4v) is 3.39. The molecule has 4 heteroatoms. The van der Waals surface area contributed by atoms with E-state index in [4.69, 9.17) is 12.2 Å². The van der Waals surface area contributed by atoms with Gasteiger partial charge in [0, 0.05) is 13.1 Å². The summed E-state index contributed by atoms with van der Waals surface area (Å²) in [5.74, 6) is 0. The Hall–Kier alpha value is 0.200. The Morgan fingerprint density at radius 1 is 1.00 bits per heavy atom.